The molecule has 0 aliphatic carbocycles. The van der Waals surface area contributed by atoms with Crippen molar-refractivity contribution in [2.24, 2.45) is 0 Å². The zero-order valence-electron chi connectivity index (χ0n) is 22.0. The largest absolute Gasteiger partial charge is 0.338 e. The van der Waals surface area contributed by atoms with Gasteiger partial charge < -0.3 is 14.5 Å². The van der Waals surface area contributed by atoms with E-state index in [0.717, 1.165) is 22.2 Å². The van der Waals surface area contributed by atoms with Gasteiger partial charge in [0.2, 0.25) is 0 Å². The Bertz CT molecular complexity index is 1780. The molecule has 3 aromatic heterocycles. The summed E-state index contributed by atoms with van der Waals surface area (Å²) in [5, 5.41) is 6.34. The first kappa shape index (κ1) is 26.0. The van der Waals surface area contributed by atoms with Gasteiger partial charge in [-0.15, -0.1) is 65.0 Å². The van der Waals surface area contributed by atoms with Crippen LogP contribution < -0.4 is 0 Å². The molecule has 0 aliphatic rings. The SMILES string of the molecule is CC(C)c1c[c-]c2c(c1)c1cccc3c1c1c2nccc1n3C(C)C.[Ir].[c-]1ccccc1-c1ccccn1. The molecule has 4 aromatic carbocycles. The number of benzene rings is 4. The van der Waals surface area contributed by atoms with E-state index in [-0.39, 0.29) is 20.1 Å². The van der Waals surface area contributed by atoms with Crippen molar-refractivity contribution < 1.29 is 20.1 Å². The minimum atomic E-state index is 0. The molecule has 0 saturated heterocycles. The van der Waals surface area contributed by atoms with E-state index in [2.05, 4.69) is 85.8 Å². The maximum absolute atomic E-state index is 4.76. The molecule has 0 amide bonds. The molecule has 7 rings (SSSR count). The Labute approximate surface area is 237 Å². The fourth-order valence-electron chi connectivity index (χ4n) is 5.33. The zero-order chi connectivity index (χ0) is 25.5. The Morgan fingerprint density at radius 2 is 1.55 bits per heavy atom. The summed E-state index contributed by atoms with van der Waals surface area (Å²) in [5.74, 6) is 0.492. The minimum absolute atomic E-state index is 0. The molecule has 3 nitrogen and oxygen atoms in total. The topological polar surface area (TPSA) is 30.7 Å². The zero-order valence-corrected chi connectivity index (χ0v) is 24.4. The Kier molecular flexibility index (Phi) is 7.29. The molecule has 0 N–H and O–H groups in total. The van der Waals surface area contributed by atoms with E-state index in [4.69, 9.17) is 4.98 Å². The Hall–Kier alpha value is -3.59. The van der Waals surface area contributed by atoms with Crippen LogP contribution in [0.3, 0.4) is 0 Å². The second kappa shape index (κ2) is 10.6. The van der Waals surface area contributed by atoms with Gasteiger partial charge in [0, 0.05) is 49.6 Å². The molecule has 3 heterocycles. The van der Waals surface area contributed by atoms with Crippen LogP contribution in [0.2, 0.25) is 0 Å². The van der Waals surface area contributed by atoms with Crippen molar-refractivity contribution in [2.75, 3.05) is 0 Å². The standard InChI is InChI=1S/C23H21N2.C11H8N.Ir/c1-13(2)15-8-9-17-18(12-15)16-6-5-7-19-21(16)22-20(25(19)14(3)4)10-11-24-23(17)22;1-2-6-10(7-3-1)11-8-4-5-9-12-11;/h5-8,10-14H,1-4H3;1-6,8-9H;/q2*-1;. The first-order valence-corrected chi connectivity index (χ1v) is 12.9. The Balaban J connectivity index is 0.000000191. The van der Waals surface area contributed by atoms with Gasteiger partial charge in [-0.25, -0.2) is 0 Å². The number of hydrogen-bond acceptors (Lipinski definition) is 2. The van der Waals surface area contributed by atoms with Crippen molar-refractivity contribution in [2.45, 2.75) is 39.7 Å². The third-order valence-corrected chi connectivity index (χ3v) is 7.06. The predicted octanol–water partition coefficient (Wildman–Crippen LogP) is 8.98. The van der Waals surface area contributed by atoms with Gasteiger partial charge in [-0.05, 0) is 54.0 Å². The van der Waals surface area contributed by atoms with Crippen LogP contribution in [0.1, 0.15) is 45.2 Å². The summed E-state index contributed by atoms with van der Waals surface area (Å²) in [5.41, 5.74) is 6.99. The molecule has 191 valence electrons. The molecule has 0 saturated carbocycles. The van der Waals surface area contributed by atoms with E-state index < -0.39 is 0 Å². The van der Waals surface area contributed by atoms with Gasteiger partial charge in [-0.1, -0.05) is 54.8 Å². The van der Waals surface area contributed by atoms with Gasteiger partial charge in [0.05, 0.1) is 0 Å². The average molecular weight is 672 g/mol. The Morgan fingerprint density at radius 3 is 2.26 bits per heavy atom. The molecule has 7 aromatic rings. The van der Waals surface area contributed by atoms with Gasteiger partial charge in [0.1, 0.15) is 0 Å². The smallest absolute Gasteiger partial charge is 0.0484 e. The maximum Gasteiger partial charge on any atom is 0.0484 e. The Morgan fingerprint density at radius 1 is 0.737 bits per heavy atom. The first-order chi connectivity index (χ1) is 18.0. The molecule has 0 atom stereocenters. The molecule has 0 unspecified atom stereocenters. The molecular weight excluding hydrogens is 643 g/mol. The summed E-state index contributed by atoms with van der Waals surface area (Å²) in [6.45, 7) is 8.97. The fraction of sp³-hybridized carbons (Fsp3) is 0.176. The van der Waals surface area contributed by atoms with Crippen LogP contribution in [-0.4, -0.2) is 14.5 Å². The van der Waals surface area contributed by atoms with Gasteiger partial charge >= 0.3 is 0 Å². The van der Waals surface area contributed by atoms with Crippen molar-refractivity contribution in [3.63, 3.8) is 0 Å². The summed E-state index contributed by atoms with van der Waals surface area (Å²) in [7, 11) is 0. The number of pyridine rings is 2. The third kappa shape index (κ3) is 4.38. The van der Waals surface area contributed by atoms with Crippen molar-refractivity contribution in [1.82, 2.24) is 14.5 Å². The maximum atomic E-state index is 4.76. The van der Waals surface area contributed by atoms with Crippen LogP contribution in [0.25, 0.3) is 54.7 Å². The normalized spacial score (nSPS) is 11.4. The number of fused-ring (bicyclic) bond motifs is 3. The number of nitrogens with zero attached hydrogens (tertiary/aromatic N) is 3. The van der Waals surface area contributed by atoms with Crippen molar-refractivity contribution in [3.05, 3.63) is 109 Å². The quantitative estimate of drug-likeness (QED) is 0.139. The van der Waals surface area contributed by atoms with Crippen molar-refractivity contribution in [3.8, 4) is 11.3 Å². The van der Waals surface area contributed by atoms with Crippen LogP contribution in [-0.2, 0) is 20.1 Å². The van der Waals surface area contributed by atoms with E-state index >= 15 is 0 Å². The molecule has 0 spiro atoms. The monoisotopic (exact) mass is 672 g/mol. The van der Waals surface area contributed by atoms with E-state index in [9.17, 15) is 0 Å². The molecule has 4 heteroatoms. The molecule has 1 radical (unpaired) electrons. The summed E-state index contributed by atoms with van der Waals surface area (Å²) in [6.07, 6.45) is 3.73. The van der Waals surface area contributed by atoms with Gasteiger partial charge in [-0.3, -0.25) is 0 Å². The van der Waals surface area contributed by atoms with Crippen molar-refractivity contribution >= 4 is 43.5 Å². The summed E-state index contributed by atoms with van der Waals surface area (Å²) < 4.78 is 2.44. The van der Waals surface area contributed by atoms with E-state index in [1.165, 1.54) is 38.1 Å². The summed E-state index contributed by atoms with van der Waals surface area (Å²) in [4.78, 5) is 8.98. The van der Waals surface area contributed by atoms with Gasteiger partial charge in [0.25, 0.3) is 0 Å². The second-order valence-electron chi connectivity index (χ2n) is 10.1. The van der Waals surface area contributed by atoms with Crippen LogP contribution in [0.15, 0.2) is 91.3 Å². The van der Waals surface area contributed by atoms with E-state index in [1.807, 2.05) is 48.7 Å². The average Bonchev–Trinajstić information content (AvgIpc) is 3.29. The fourth-order valence-corrected chi connectivity index (χ4v) is 5.33. The van der Waals surface area contributed by atoms with Gasteiger partial charge in [-0.2, -0.15) is 0 Å². The number of hydrogen-bond donors (Lipinski definition) is 0. The van der Waals surface area contributed by atoms with Crippen LogP contribution >= 0.6 is 0 Å². The molecule has 0 aliphatic heterocycles. The third-order valence-electron chi connectivity index (χ3n) is 7.06. The van der Waals surface area contributed by atoms with Crippen LogP contribution in [0, 0.1) is 12.1 Å². The number of aromatic nitrogens is 3. The van der Waals surface area contributed by atoms with Crippen LogP contribution in [0.5, 0.6) is 0 Å². The van der Waals surface area contributed by atoms with Crippen molar-refractivity contribution in [1.29, 1.82) is 0 Å². The number of rotatable bonds is 3. The van der Waals surface area contributed by atoms with Gasteiger partial charge in [0.15, 0.2) is 0 Å². The molecular formula is C34H29IrN3-2. The summed E-state index contributed by atoms with van der Waals surface area (Å²) >= 11 is 0. The molecule has 0 bridgehead atoms. The van der Waals surface area contributed by atoms with Crippen LogP contribution in [0.4, 0.5) is 0 Å². The first-order valence-electron chi connectivity index (χ1n) is 12.9. The summed E-state index contributed by atoms with van der Waals surface area (Å²) in [6, 6.07) is 34.1. The molecule has 38 heavy (non-hydrogen) atoms. The van der Waals surface area contributed by atoms with E-state index in [1.54, 1.807) is 6.20 Å². The predicted molar refractivity (Wildman–Crippen MR) is 155 cm³/mol. The second-order valence-corrected chi connectivity index (χ2v) is 10.1. The van der Waals surface area contributed by atoms with E-state index in [0.29, 0.717) is 12.0 Å². The minimum Gasteiger partial charge on any atom is -0.338 e. The molecule has 0 fully saturated rings.